The summed E-state index contributed by atoms with van der Waals surface area (Å²) in [5.74, 6) is 0. The molecule has 1 saturated carbocycles. The van der Waals surface area contributed by atoms with Gasteiger partial charge in [0.05, 0.1) is 11.2 Å². The van der Waals surface area contributed by atoms with Gasteiger partial charge in [-0.05, 0) is 32.8 Å². The number of hydrogen-bond acceptors (Lipinski definition) is 4. The van der Waals surface area contributed by atoms with Gasteiger partial charge in [0, 0.05) is 20.7 Å². The van der Waals surface area contributed by atoms with E-state index in [0.717, 1.165) is 23.5 Å². The number of hydrogen-bond donors (Lipinski definition) is 1. The van der Waals surface area contributed by atoms with Gasteiger partial charge in [-0.3, -0.25) is 0 Å². The van der Waals surface area contributed by atoms with Crippen LogP contribution >= 0.6 is 35.1 Å². The summed E-state index contributed by atoms with van der Waals surface area (Å²) in [6, 6.07) is 2.23. The Bertz CT molecular complexity index is 568. The molecule has 2 nitrogen and oxygen atoms in total. The van der Waals surface area contributed by atoms with Crippen LogP contribution in [0.25, 0.3) is 11.3 Å². The van der Waals surface area contributed by atoms with Crippen molar-refractivity contribution in [3.8, 4) is 11.3 Å². The SMILES string of the molecule is Cc1cc(-c2csc(C3(N)CCCC3)n2)c(C)s1.Cl. The molecule has 0 atom stereocenters. The van der Waals surface area contributed by atoms with E-state index in [-0.39, 0.29) is 17.9 Å². The molecule has 0 aromatic carbocycles. The van der Waals surface area contributed by atoms with Crippen molar-refractivity contribution in [2.45, 2.75) is 45.1 Å². The molecule has 2 heterocycles. The first-order valence-corrected chi connectivity index (χ1v) is 8.10. The summed E-state index contributed by atoms with van der Waals surface area (Å²) < 4.78 is 0. The van der Waals surface area contributed by atoms with Crippen LogP contribution in [0.1, 0.15) is 40.4 Å². The van der Waals surface area contributed by atoms with Crippen molar-refractivity contribution in [2.75, 3.05) is 0 Å². The lowest BCUT2D eigenvalue weighted by Gasteiger charge is -2.19. The van der Waals surface area contributed by atoms with Crippen LogP contribution in [0.2, 0.25) is 0 Å². The molecule has 2 N–H and O–H groups in total. The van der Waals surface area contributed by atoms with Crippen molar-refractivity contribution in [3.05, 3.63) is 26.2 Å². The van der Waals surface area contributed by atoms with Crippen molar-refractivity contribution in [3.63, 3.8) is 0 Å². The maximum Gasteiger partial charge on any atom is 0.113 e. The number of nitrogens with zero attached hydrogens (tertiary/aromatic N) is 1. The lowest BCUT2D eigenvalue weighted by atomic mass is 10.0. The van der Waals surface area contributed by atoms with Gasteiger partial charge in [0.1, 0.15) is 5.01 Å². The van der Waals surface area contributed by atoms with Gasteiger partial charge in [-0.2, -0.15) is 0 Å². The summed E-state index contributed by atoms with van der Waals surface area (Å²) in [5, 5.41) is 3.29. The van der Waals surface area contributed by atoms with Crippen LogP contribution < -0.4 is 5.73 Å². The normalized spacial score (nSPS) is 17.4. The van der Waals surface area contributed by atoms with Gasteiger partial charge in [0.15, 0.2) is 0 Å². The molecule has 0 unspecified atom stereocenters. The lowest BCUT2D eigenvalue weighted by molar-refractivity contribution is 0.459. The van der Waals surface area contributed by atoms with E-state index in [0.29, 0.717) is 0 Å². The number of rotatable bonds is 2. The Morgan fingerprint density at radius 1 is 1.26 bits per heavy atom. The van der Waals surface area contributed by atoms with Crippen LogP contribution in [0.3, 0.4) is 0 Å². The van der Waals surface area contributed by atoms with Crippen LogP contribution in [0.15, 0.2) is 11.4 Å². The second-order valence-electron chi connectivity index (χ2n) is 5.23. The quantitative estimate of drug-likeness (QED) is 0.877. The molecular formula is C14H19ClN2S2. The second-order valence-corrected chi connectivity index (χ2v) is 7.55. The van der Waals surface area contributed by atoms with E-state index in [9.17, 15) is 0 Å². The van der Waals surface area contributed by atoms with Crippen LogP contribution in [-0.4, -0.2) is 4.98 Å². The Balaban J connectivity index is 0.00000133. The first-order valence-electron chi connectivity index (χ1n) is 6.41. The minimum Gasteiger partial charge on any atom is -0.319 e. The predicted molar refractivity (Wildman–Crippen MR) is 86.5 cm³/mol. The van der Waals surface area contributed by atoms with Gasteiger partial charge in [-0.1, -0.05) is 12.8 Å². The molecule has 2 aromatic rings. The average Bonchev–Trinajstić information content (AvgIpc) is 2.99. The summed E-state index contributed by atoms with van der Waals surface area (Å²) in [6.07, 6.45) is 4.65. The summed E-state index contributed by atoms with van der Waals surface area (Å²) in [7, 11) is 0. The Morgan fingerprint density at radius 3 is 2.53 bits per heavy atom. The molecule has 0 bridgehead atoms. The standard InChI is InChI=1S/C14H18N2S2.ClH/c1-9-7-11(10(2)18-9)12-8-17-13(16-12)14(15)5-3-4-6-14;/h7-8H,3-6,15H2,1-2H3;1H. The van der Waals surface area contributed by atoms with Crippen LogP contribution in [0.5, 0.6) is 0 Å². The summed E-state index contributed by atoms with van der Waals surface area (Å²) in [4.78, 5) is 7.51. The van der Waals surface area contributed by atoms with Crippen molar-refractivity contribution in [1.82, 2.24) is 4.98 Å². The zero-order chi connectivity index (χ0) is 12.8. The van der Waals surface area contributed by atoms with Gasteiger partial charge < -0.3 is 5.73 Å². The molecule has 1 aliphatic rings. The number of aromatic nitrogens is 1. The fourth-order valence-electron chi connectivity index (χ4n) is 2.73. The molecule has 5 heteroatoms. The van der Waals surface area contributed by atoms with E-state index in [1.54, 1.807) is 11.3 Å². The molecular weight excluding hydrogens is 296 g/mol. The number of halogens is 1. The van der Waals surface area contributed by atoms with E-state index in [2.05, 4.69) is 25.3 Å². The Hall–Kier alpha value is -0.420. The maximum absolute atomic E-state index is 6.47. The monoisotopic (exact) mass is 314 g/mol. The highest BCUT2D eigenvalue weighted by Crippen LogP contribution is 2.40. The largest absolute Gasteiger partial charge is 0.319 e. The van der Waals surface area contributed by atoms with Crippen molar-refractivity contribution in [2.24, 2.45) is 5.73 Å². The van der Waals surface area contributed by atoms with Crippen LogP contribution in [0, 0.1) is 13.8 Å². The molecule has 0 saturated heterocycles. The van der Waals surface area contributed by atoms with Gasteiger partial charge in [-0.25, -0.2) is 4.98 Å². The van der Waals surface area contributed by atoms with Crippen molar-refractivity contribution < 1.29 is 0 Å². The molecule has 3 rings (SSSR count). The first kappa shape index (κ1) is 15.0. The topological polar surface area (TPSA) is 38.9 Å². The molecule has 0 amide bonds. The molecule has 2 aromatic heterocycles. The highest BCUT2D eigenvalue weighted by atomic mass is 35.5. The molecule has 1 fully saturated rings. The van der Waals surface area contributed by atoms with Crippen molar-refractivity contribution in [1.29, 1.82) is 0 Å². The van der Waals surface area contributed by atoms with E-state index < -0.39 is 0 Å². The van der Waals surface area contributed by atoms with E-state index in [1.165, 1.54) is 28.2 Å². The zero-order valence-electron chi connectivity index (χ0n) is 11.2. The van der Waals surface area contributed by atoms with Gasteiger partial charge in [0.2, 0.25) is 0 Å². The third-order valence-corrected chi connectivity index (χ3v) is 5.77. The minimum atomic E-state index is -0.151. The van der Waals surface area contributed by atoms with Gasteiger partial charge in [-0.15, -0.1) is 35.1 Å². The predicted octanol–water partition coefficient (Wildman–Crippen LogP) is 4.64. The molecule has 0 radical (unpaired) electrons. The fourth-order valence-corrected chi connectivity index (χ4v) is 4.66. The van der Waals surface area contributed by atoms with E-state index in [1.807, 2.05) is 11.3 Å². The molecule has 0 aliphatic heterocycles. The molecule has 19 heavy (non-hydrogen) atoms. The third kappa shape index (κ3) is 2.72. The van der Waals surface area contributed by atoms with Crippen LogP contribution in [0.4, 0.5) is 0 Å². The number of thiazole rings is 1. The number of thiophene rings is 1. The van der Waals surface area contributed by atoms with Gasteiger partial charge in [0.25, 0.3) is 0 Å². The second kappa shape index (κ2) is 5.52. The Morgan fingerprint density at radius 2 is 1.95 bits per heavy atom. The van der Waals surface area contributed by atoms with E-state index >= 15 is 0 Å². The lowest BCUT2D eigenvalue weighted by Crippen LogP contribution is -2.32. The summed E-state index contributed by atoms with van der Waals surface area (Å²) in [5.41, 5.74) is 8.70. The first-order chi connectivity index (χ1) is 8.58. The number of aryl methyl sites for hydroxylation is 2. The third-order valence-electron chi connectivity index (χ3n) is 3.74. The maximum atomic E-state index is 6.47. The fraction of sp³-hybridized carbons (Fsp3) is 0.500. The molecule has 104 valence electrons. The Kier molecular flexibility index (Phi) is 4.35. The molecule has 1 aliphatic carbocycles. The summed E-state index contributed by atoms with van der Waals surface area (Å²) in [6.45, 7) is 4.32. The van der Waals surface area contributed by atoms with Gasteiger partial charge >= 0.3 is 0 Å². The van der Waals surface area contributed by atoms with E-state index in [4.69, 9.17) is 10.7 Å². The average molecular weight is 315 g/mol. The van der Waals surface area contributed by atoms with Crippen LogP contribution in [-0.2, 0) is 5.54 Å². The molecule has 0 spiro atoms. The number of nitrogens with two attached hydrogens (primary N) is 1. The highest BCUT2D eigenvalue weighted by molar-refractivity contribution is 7.12. The Labute approximate surface area is 128 Å². The minimum absolute atomic E-state index is 0. The highest BCUT2D eigenvalue weighted by Gasteiger charge is 2.34. The smallest absolute Gasteiger partial charge is 0.113 e. The summed E-state index contributed by atoms with van der Waals surface area (Å²) >= 11 is 3.57. The van der Waals surface area contributed by atoms with Crippen molar-refractivity contribution >= 4 is 35.1 Å². The zero-order valence-corrected chi connectivity index (χ0v) is 13.7.